The second-order valence-corrected chi connectivity index (χ2v) is 7.46. The van der Waals surface area contributed by atoms with Gasteiger partial charge in [-0.1, -0.05) is 28.1 Å². The van der Waals surface area contributed by atoms with E-state index in [0.29, 0.717) is 18.0 Å². The summed E-state index contributed by atoms with van der Waals surface area (Å²) in [6, 6.07) is 6.18. The molecule has 0 spiro atoms. The molecule has 6 nitrogen and oxygen atoms in total. The van der Waals surface area contributed by atoms with Crippen LogP contribution in [0, 0.1) is 11.8 Å². The highest BCUT2D eigenvalue weighted by Gasteiger charge is 2.38. The molecule has 2 aliphatic rings. The maximum absolute atomic E-state index is 12.5. The second kappa shape index (κ2) is 6.93. The van der Waals surface area contributed by atoms with Gasteiger partial charge in [-0.15, -0.1) is 0 Å². The number of hydrogen-bond acceptors (Lipinski definition) is 3. The zero-order valence-corrected chi connectivity index (χ0v) is 14.8. The van der Waals surface area contributed by atoms with Crippen LogP contribution in [0.4, 0.5) is 0 Å². The molecule has 1 aromatic carbocycles. The Morgan fingerprint density at radius 1 is 1.38 bits per heavy atom. The van der Waals surface area contributed by atoms with Crippen molar-refractivity contribution in [2.75, 3.05) is 13.1 Å². The molecule has 0 bridgehead atoms. The third-order valence-electron chi connectivity index (χ3n) is 4.51. The topological polar surface area (TPSA) is 92.5 Å². The van der Waals surface area contributed by atoms with Gasteiger partial charge < -0.3 is 16.0 Å². The standard InChI is InChI=1S/C17H20BrN3O3/c18-13-3-1-2-11(6-13)15(16(19)23)20-17(24)12-7-14(22)21(9-12)8-10-4-5-10/h1-3,6,10,12,15H,4-5,7-9H2,(H2,19,23)(H,20,24). The van der Waals surface area contributed by atoms with E-state index in [1.54, 1.807) is 23.1 Å². The van der Waals surface area contributed by atoms with Gasteiger partial charge in [-0.3, -0.25) is 14.4 Å². The molecule has 0 aromatic heterocycles. The van der Waals surface area contributed by atoms with Crippen LogP contribution in [0.25, 0.3) is 0 Å². The normalized spacial score (nSPS) is 21.6. The molecule has 1 aliphatic heterocycles. The molecule has 2 atom stereocenters. The fraction of sp³-hybridized carbons (Fsp3) is 0.471. The first-order valence-electron chi connectivity index (χ1n) is 8.07. The highest BCUT2D eigenvalue weighted by molar-refractivity contribution is 9.10. The van der Waals surface area contributed by atoms with E-state index in [9.17, 15) is 14.4 Å². The molecule has 128 valence electrons. The van der Waals surface area contributed by atoms with Crippen molar-refractivity contribution in [2.45, 2.75) is 25.3 Å². The van der Waals surface area contributed by atoms with Gasteiger partial charge in [0.2, 0.25) is 17.7 Å². The monoisotopic (exact) mass is 393 g/mol. The third kappa shape index (κ3) is 3.95. The fourth-order valence-corrected chi connectivity index (χ4v) is 3.42. The highest BCUT2D eigenvalue weighted by Crippen LogP contribution is 2.32. The van der Waals surface area contributed by atoms with E-state index in [0.717, 1.165) is 23.9 Å². The van der Waals surface area contributed by atoms with Crippen molar-refractivity contribution in [1.29, 1.82) is 0 Å². The lowest BCUT2D eigenvalue weighted by Gasteiger charge is -2.19. The lowest BCUT2D eigenvalue weighted by molar-refractivity contribution is -0.130. The predicted octanol–water partition coefficient (Wildman–Crippen LogP) is 1.35. The average molecular weight is 394 g/mol. The average Bonchev–Trinajstić information content (AvgIpc) is 3.27. The molecule has 7 heteroatoms. The Kier molecular flexibility index (Phi) is 4.89. The number of nitrogens with one attached hydrogen (secondary N) is 1. The quantitative estimate of drug-likeness (QED) is 0.763. The number of nitrogens with two attached hydrogens (primary N) is 1. The van der Waals surface area contributed by atoms with Crippen LogP contribution >= 0.6 is 15.9 Å². The van der Waals surface area contributed by atoms with E-state index in [2.05, 4.69) is 21.2 Å². The van der Waals surface area contributed by atoms with Crippen molar-refractivity contribution in [1.82, 2.24) is 10.2 Å². The summed E-state index contributed by atoms with van der Waals surface area (Å²) in [7, 11) is 0. The number of halogens is 1. The molecule has 0 radical (unpaired) electrons. The minimum Gasteiger partial charge on any atom is -0.368 e. The summed E-state index contributed by atoms with van der Waals surface area (Å²) in [5.74, 6) is -0.743. The molecule has 3 rings (SSSR count). The first-order valence-corrected chi connectivity index (χ1v) is 8.86. The molecule has 1 aromatic rings. The lowest BCUT2D eigenvalue weighted by atomic mass is 10.0. The molecule has 3 N–H and O–H groups in total. The smallest absolute Gasteiger partial charge is 0.244 e. The van der Waals surface area contributed by atoms with E-state index >= 15 is 0 Å². The van der Waals surface area contributed by atoms with Crippen molar-refractivity contribution in [3.05, 3.63) is 34.3 Å². The first kappa shape index (κ1) is 17.0. The van der Waals surface area contributed by atoms with E-state index < -0.39 is 17.9 Å². The van der Waals surface area contributed by atoms with Crippen molar-refractivity contribution in [2.24, 2.45) is 17.6 Å². The molecule has 1 aliphatic carbocycles. The van der Waals surface area contributed by atoms with Crippen LogP contribution < -0.4 is 11.1 Å². The van der Waals surface area contributed by atoms with Gasteiger partial charge in [0.15, 0.2) is 0 Å². The maximum atomic E-state index is 12.5. The van der Waals surface area contributed by atoms with Crippen LogP contribution in [0.15, 0.2) is 28.7 Å². The van der Waals surface area contributed by atoms with Crippen LogP contribution in [0.2, 0.25) is 0 Å². The predicted molar refractivity (Wildman–Crippen MR) is 91.6 cm³/mol. The minimum absolute atomic E-state index is 0.0140. The van der Waals surface area contributed by atoms with Gasteiger partial charge >= 0.3 is 0 Å². The van der Waals surface area contributed by atoms with Gasteiger partial charge in [-0.25, -0.2) is 0 Å². The molecule has 24 heavy (non-hydrogen) atoms. The number of primary amides is 1. The third-order valence-corrected chi connectivity index (χ3v) is 5.01. The van der Waals surface area contributed by atoms with Crippen LogP contribution in [-0.2, 0) is 14.4 Å². The Bertz CT molecular complexity index is 675. The summed E-state index contributed by atoms with van der Waals surface area (Å²) in [6.07, 6.45) is 2.52. The number of rotatable bonds is 6. The number of carbonyl (C=O) groups is 3. The molecule has 1 saturated heterocycles. The summed E-state index contributed by atoms with van der Waals surface area (Å²) in [4.78, 5) is 38.1. The summed E-state index contributed by atoms with van der Waals surface area (Å²) < 4.78 is 0.798. The lowest BCUT2D eigenvalue weighted by Crippen LogP contribution is -2.41. The van der Waals surface area contributed by atoms with Gasteiger partial charge in [0.25, 0.3) is 0 Å². The molecular weight excluding hydrogens is 374 g/mol. The fourth-order valence-electron chi connectivity index (χ4n) is 3.00. The number of hydrogen-bond donors (Lipinski definition) is 2. The number of carbonyl (C=O) groups excluding carboxylic acids is 3. The number of benzene rings is 1. The Balaban J connectivity index is 1.65. The van der Waals surface area contributed by atoms with Gasteiger partial charge in [0.05, 0.1) is 5.92 Å². The minimum atomic E-state index is -0.900. The van der Waals surface area contributed by atoms with Crippen molar-refractivity contribution < 1.29 is 14.4 Å². The number of nitrogens with zero attached hydrogens (tertiary/aromatic N) is 1. The molecule has 3 amide bonds. The zero-order chi connectivity index (χ0) is 17.3. The molecule has 1 heterocycles. The number of amides is 3. The first-order chi connectivity index (χ1) is 11.4. The van der Waals surface area contributed by atoms with Crippen molar-refractivity contribution in [3.63, 3.8) is 0 Å². The second-order valence-electron chi connectivity index (χ2n) is 6.54. The van der Waals surface area contributed by atoms with Crippen LogP contribution in [0.1, 0.15) is 30.9 Å². The van der Waals surface area contributed by atoms with Crippen LogP contribution in [0.3, 0.4) is 0 Å². The van der Waals surface area contributed by atoms with E-state index in [-0.39, 0.29) is 18.2 Å². The Morgan fingerprint density at radius 3 is 2.75 bits per heavy atom. The SMILES string of the molecule is NC(=O)C(NC(=O)C1CC(=O)N(CC2CC2)C1)c1cccc(Br)c1. The van der Waals surface area contributed by atoms with Crippen LogP contribution in [0.5, 0.6) is 0 Å². The summed E-state index contributed by atoms with van der Waals surface area (Å²) in [6.45, 7) is 1.17. The van der Waals surface area contributed by atoms with E-state index in [4.69, 9.17) is 5.73 Å². The Labute approximate surface area is 148 Å². The van der Waals surface area contributed by atoms with Crippen molar-refractivity contribution in [3.8, 4) is 0 Å². The summed E-state index contributed by atoms with van der Waals surface area (Å²) in [5, 5.41) is 2.70. The van der Waals surface area contributed by atoms with Gasteiger partial charge in [-0.05, 0) is 36.5 Å². The van der Waals surface area contributed by atoms with Gasteiger partial charge in [-0.2, -0.15) is 0 Å². The van der Waals surface area contributed by atoms with Crippen LogP contribution in [-0.4, -0.2) is 35.7 Å². The largest absolute Gasteiger partial charge is 0.368 e. The van der Waals surface area contributed by atoms with Gasteiger partial charge in [0.1, 0.15) is 6.04 Å². The summed E-state index contributed by atoms with van der Waals surface area (Å²) in [5.41, 5.74) is 6.06. The highest BCUT2D eigenvalue weighted by atomic mass is 79.9. The molecule has 2 unspecified atom stereocenters. The number of likely N-dealkylation sites (tertiary alicyclic amines) is 1. The molecule has 2 fully saturated rings. The van der Waals surface area contributed by atoms with E-state index in [1.807, 2.05) is 6.07 Å². The molecular formula is C17H20BrN3O3. The Hall–Kier alpha value is -1.89. The molecule has 1 saturated carbocycles. The zero-order valence-electron chi connectivity index (χ0n) is 13.2. The Morgan fingerprint density at radius 2 is 2.12 bits per heavy atom. The van der Waals surface area contributed by atoms with Crippen molar-refractivity contribution >= 4 is 33.7 Å². The van der Waals surface area contributed by atoms with Gasteiger partial charge in [0, 0.05) is 24.0 Å². The van der Waals surface area contributed by atoms with E-state index in [1.165, 1.54) is 0 Å². The maximum Gasteiger partial charge on any atom is 0.244 e. The summed E-state index contributed by atoms with van der Waals surface area (Å²) >= 11 is 3.34.